The molecule has 1 amide bonds. The van der Waals surface area contributed by atoms with Crippen molar-refractivity contribution in [3.8, 4) is 11.5 Å². The van der Waals surface area contributed by atoms with Crippen molar-refractivity contribution in [2.24, 2.45) is 10.8 Å². The molecular formula is C43H49IN2O5. The first-order valence-electron chi connectivity index (χ1n) is 18.0. The van der Waals surface area contributed by atoms with E-state index < -0.39 is 5.92 Å². The van der Waals surface area contributed by atoms with Gasteiger partial charge in [0.15, 0.2) is 29.7 Å². The SMILES string of the molecule is CCOc1cc(C2C3=C(CC(C)(C)CC3=O)N(CCc3ccccc3)C3=C2C(=O)CC(C)(C)C3)cc(I)c1OCC(=O)Nc1cc(C)ccc1C. The standard InChI is InChI=1S/C43H49IN2O5/c1-8-50-36-20-29(19-30(44)41(36)51-25-37(49)45-31-18-26(2)14-15-27(31)3)38-39-32(21-42(4,5)23-34(39)47)46(17-16-28-12-10-9-11-13-28)33-22-43(6,7)24-35(48)40(33)38/h9-15,18-20,38H,8,16-17,21-25H2,1-7H3,(H,45,49). The number of ketones is 2. The van der Waals surface area contributed by atoms with Crippen LogP contribution in [0.15, 0.2) is 83.2 Å². The average molecular weight is 801 g/mol. The molecular weight excluding hydrogens is 751 g/mol. The summed E-state index contributed by atoms with van der Waals surface area (Å²) in [5.41, 5.74) is 7.95. The maximum absolute atomic E-state index is 14.4. The highest BCUT2D eigenvalue weighted by Crippen LogP contribution is 2.55. The number of nitrogens with one attached hydrogen (secondary N) is 1. The number of carbonyl (C=O) groups is 3. The van der Waals surface area contributed by atoms with E-state index in [2.05, 4.69) is 84.8 Å². The number of amides is 1. The van der Waals surface area contributed by atoms with Crippen LogP contribution in [-0.4, -0.2) is 42.1 Å². The first-order chi connectivity index (χ1) is 24.2. The Hall–Kier alpha value is -3.92. The maximum atomic E-state index is 14.4. The van der Waals surface area contributed by atoms with Gasteiger partial charge in [0, 0.05) is 53.5 Å². The number of nitrogens with zero attached hydrogens (tertiary/aromatic N) is 1. The van der Waals surface area contributed by atoms with Gasteiger partial charge >= 0.3 is 0 Å². The molecule has 0 aromatic heterocycles. The average Bonchev–Trinajstić information content (AvgIpc) is 3.04. The summed E-state index contributed by atoms with van der Waals surface area (Å²) in [5.74, 6) is 0.358. The second-order valence-corrected chi connectivity index (χ2v) is 17.0. The number of ether oxygens (including phenoxy) is 2. The number of rotatable bonds is 10. The van der Waals surface area contributed by atoms with E-state index in [0.717, 1.165) is 67.8 Å². The molecule has 3 aliphatic rings. The summed E-state index contributed by atoms with van der Waals surface area (Å²) in [6, 6.07) is 20.3. The smallest absolute Gasteiger partial charge is 0.262 e. The molecule has 1 aliphatic heterocycles. The Balaban J connectivity index is 1.41. The second-order valence-electron chi connectivity index (χ2n) is 15.8. The van der Waals surface area contributed by atoms with Gasteiger partial charge in [-0.15, -0.1) is 0 Å². The number of benzene rings is 3. The fraction of sp³-hybridized carbons (Fsp3) is 0.419. The van der Waals surface area contributed by atoms with Gasteiger partial charge in [0.1, 0.15) is 0 Å². The van der Waals surface area contributed by atoms with Gasteiger partial charge < -0.3 is 19.7 Å². The van der Waals surface area contributed by atoms with Gasteiger partial charge in [-0.25, -0.2) is 0 Å². The van der Waals surface area contributed by atoms with E-state index in [4.69, 9.17) is 9.47 Å². The molecule has 0 fully saturated rings. The molecule has 0 saturated carbocycles. The summed E-state index contributed by atoms with van der Waals surface area (Å²) in [4.78, 5) is 44.1. The van der Waals surface area contributed by atoms with Crippen molar-refractivity contribution in [1.29, 1.82) is 0 Å². The van der Waals surface area contributed by atoms with Crippen LogP contribution in [0.25, 0.3) is 0 Å². The molecule has 1 N–H and O–H groups in total. The molecule has 2 aliphatic carbocycles. The molecule has 0 unspecified atom stereocenters. The van der Waals surface area contributed by atoms with Gasteiger partial charge in [-0.2, -0.15) is 0 Å². The first-order valence-corrected chi connectivity index (χ1v) is 19.0. The van der Waals surface area contributed by atoms with Crippen molar-refractivity contribution in [3.63, 3.8) is 0 Å². The zero-order valence-corrected chi connectivity index (χ0v) is 33.0. The molecule has 0 radical (unpaired) electrons. The van der Waals surface area contributed by atoms with Crippen molar-refractivity contribution >= 4 is 45.8 Å². The van der Waals surface area contributed by atoms with Crippen molar-refractivity contribution in [3.05, 3.63) is 109 Å². The van der Waals surface area contributed by atoms with Gasteiger partial charge in [-0.05, 0) is 114 Å². The Kier molecular flexibility index (Phi) is 10.6. The minimum Gasteiger partial charge on any atom is -0.490 e. The van der Waals surface area contributed by atoms with E-state index in [0.29, 0.717) is 37.5 Å². The largest absolute Gasteiger partial charge is 0.490 e. The van der Waals surface area contributed by atoms with Crippen LogP contribution in [0.1, 0.15) is 88.5 Å². The molecule has 3 aromatic rings. The van der Waals surface area contributed by atoms with Gasteiger partial charge in [0.05, 0.1) is 10.2 Å². The first kappa shape index (κ1) is 36.9. The van der Waals surface area contributed by atoms with Gasteiger partial charge in [0.2, 0.25) is 0 Å². The molecule has 268 valence electrons. The predicted octanol–water partition coefficient (Wildman–Crippen LogP) is 9.25. The number of hydrogen-bond acceptors (Lipinski definition) is 6. The normalized spacial score (nSPS) is 18.4. The molecule has 0 spiro atoms. The van der Waals surface area contributed by atoms with Crippen LogP contribution in [0.2, 0.25) is 0 Å². The number of halogens is 1. The molecule has 3 aromatic carbocycles. The maximum Gasteiger partial charge on any atom is 0.262 e. The molecule has 8 heteroatoms. The highest BCUT2D eigenvalue weighted by atomic mass is 127. The summed E-state index contributed by atoms with van der Waals surface area (Å²) in [6.07, 6.45) is 3.14. The monoisotopic (exact) mass is 800 g/mol. The highest BCUT2D eigenvalue weighted by Gasteiger charge is 2.49. The summed E-state index contributed by atoms with van der Waals surface area (Å²) < 4.78 is 13.1. The van der Waals surface area contributed by atoms with Crippen LogP contribution in [0.4, 0.5) is 5.69 Å². The highest BCUT2D eigenvalue weighted by molar-refractivity contribution is 14.1. The third kappa shape index (κ3) is 7.96. The molecule has 0 saturated heterocycles. The Morgan fingerprint density at radius 3 is 2.10 bits per heavy atom. The number of carbonyl (C=O) groups excluding carboxylic acids is 3. The van der Waals surface area contributed by atoms with Crippen LogP contribution in [-0.2, 0) is 20.8 Å². The number of allylic oxidation sites excluding steroid dienone is 4. The van der Waals surface area contributed by atoms with Crippen LogP contribution in [0.5, 0.6) is 11.5 Å². The van der Waals surface area contributed by atoms with Crippen LogP contribution in [0, 0.1) is 28.2 Å². The van der Waals surface area contributed by atoms with Gasteiger partial charge in [-0.3, -0.25) is 14.4 Å². The third-order valence-corrected chi connectivity index (χ3v) is 11.0. The number of hydrogen-bond donors (Lipinski definition) is 1. The van der Waals surface area contributed by atoms with Crippen LogP contribution < -0.4 is 14.8 Å². The van der Waals surface area contributed by atoms with E-state index in [1.54, 1.807) is 0 Å². The zero-order chi connectivity index (χ0) is 36.7. The quantitative estimate of drug-likeness (QED) is 0.206. The van der Waals surface area contributed by atoms with E-state index in [1.807, 2.05) is 57.2 Å². The van der Waals surface area contributed by atoms with E-state index in [9.17, 15) is 14.4 Å². The van der Waals surface area contributed by atoms with Crippen molar-refractivity contribution in [1.82, 2.24) is 4.90 Å². The minimum absolute atomic E-state index is 0.0940. The molecule has 6 rings (SSSR count). The molecule has 7 nitrogen and oxygen atoms in total. The summed E-state index contributed by atoms with van der Waals surface area (Å²) in [5, 5.41) is 2.97. The minimum atomic E-state index is -0.510. The zero-order valence-electron chi connectivity index (χ0n) is 30.9. The lowest BCUT2D eigenvalue weighted by molar-refractivity contribution is -0.120. The molecule has 51 heavy (non-hydrogen) atoms. The number of aryl methyl sites for hydroxylation is 2. The Morgan fingerprint density at radius 1 is 0.863 bits per heavy atom. The fourth-order valence-corrected chi connectivity index (χ4v) is 8.67. The van der Waals surface area contributed by atoms with Crippen molar-refractivity contribution in [2.75, 3.05) is 25.1 Å². The Morgan fingerprint density at radius 2 is 1.49 bits per heavy atom. The third-order valence-electron chi connectivity index (χ3n) is 10.2. The van der Waals surface area contributed by atoms with Crippen LogP contribution in [0.3, 0.4) is 0 Å². The van der Waals surface area contributed by atoms with Gasteiger partial charge in [0.25, 0.3) is 5.91 Å². The van der Waals surface area contributed by atoms with Gasteiger partial charge in [-0.1, -0.05) is 70.2 Å². The Bertz CT molecular complexity index is 1890. The number of Topliss-reactive ketones (excluding diaryl/α,β-unsaturated/α-hetero) is 2. The van der Waals surface area contributed by atoms with Crippen molar-refractivity contribution < 1.29 is 23.9 Å². The van der Waals surface area contributed by atoms with E-state index in [-0.39, 0.29) is 34.9 Å². The van der Waals surface area contributed by atoms with Crippen LogP contribution >= 0.6 is 22.6 Å². The number of anilines is 1. The lowest BCUT2D eigenvalue weighted by atomic mass is 9.63. The second kappa shape index (κ2) is 14.6. The fourth-order valence-electron chi connectivity index (χ4n) is 7.89. The summed E-state index contributed by atoms with van der Waals surface area (Å²) in [7, 11) is 0. The van der Waals surface area contributed by atoms with E-state index in [1.165, 1.54) is 5.56 Å². The molecule has 1 heterocycles. The molecule has 0 atom stereocenters. The molecule has 0 bridgehead atoms. The predicted molar refractivity (Wildman–Crippen MR) is 210 cm³/mol. The van der Waals surface area contributed by atoms with E-state index >= 15 is 0 Å². The van der Waals surface area contributed by atoms with Crippen molar-refractivity contribution in [2.45, 2.75) is 86.5 Å². The summed E-state index contributed by atoms with van der Waals surface area (Å²) >= 11 is 2.22. The lowest BCUT2D eigenvalue weighted by Crippen LogP contribution is -2.45. The topological polar surface area (TPSA) is 84.9 Å². The summed E-state index contributed by atoms with van der Waals surface area (Å²) in [6.45, 7) is 15.4. The Labute approximate surface area is 316 Å². The lowest BCUT2D eigenvalue weighted by Gasteiger charge is -2.49.